The summed E-state index contributed by atoms with van der Waals surface area (Å²) in [5.74, 6) is -0.690. The second-order valence-electron chi connectivity index (χ2n) is 8.03. The minimum atomic E-state index is -4.38. The number of aryl methyl sites for hydroxylation is 1. The molecule has 0 bridgehead atoms. The number of rotatable bonds is 10. The Hall–Kier alpha value is -2.88. The minimum absolute atomic E-state index is 0. The van der Waals surface area contributed by atoms with Gasteiger partial charge in [-0.25, -0.2) is 8.42 Å². The molecule has 4 aromatic rings. The van der Waals surface area contributed by atoms with Gasteiger partial charge in [-0.1, -0.05) is 0 Å². The van der Waals surface area contributed by atoms with Crippen LogP contribution in [0, 0.1) is 13.8 Å². The second-order valence-corrected chi connectivity index (χ2v) is 11.2. The van der Waals surface area contributed by atoms with Crippen molar-refractivity contribution in [3.8, 4) is 17.4 Å². The molecule has 4 rings (SSSR count). The Labute approximate surface area is 249 Å². The van der Waals surface area contributed by atoms with Crippen LogP contribution in [0.4, 0.5) is 0 Å². The summed E-state index contributed by atoms with van der Waals surface area (Å²) in [6.07, 6.45) is 1.59. The number of nitrogens with zero attached hydrogens (tertiary/aromatic N) is 4. The number of carboxylic acids is 1. The van der Waals surface area contributed by atoms with Crippen molar-refractivity contribution in [3.05, 3.63) is 59.4 Å². The number of aromatic nitrogens is 4. The van der Waals surface area contributed by atoms with E-state index in [-0.39, 0.29) is 68.2 Å². The first kappa shape index (κ1) is 30.7. The van der Waals surface area contributed by atoms with E-state index in [1.807, 2.05) is 6.92 Å². The van der Waals surface area contributed by atoms with Crippen molar-refractivity contribution in [1.29, 1.82) is 0 Å². The van der Waals surface area contributed by atoms with Gasteiger partial charge in [-0.05, 0) is 44.2 Å². The maximum atomic E-state index is 13.8. The smallest absolute Gasteiger partial charge is 0.609 e. The SMILES string of the molecule is COc1ccc2nc([S+]([O-])Cc3ncc(C)c(OC)c3C)n(S(=O)(=O)c3ccc(OCC(=O)[O-])cc3)c2n1.[Na+]. The van der Waals surface area contributed by atoms with Crippen molar-refractivity contribution in [3.63, 3.8) is 0 Å². The monoisotopic (exact) mass is 582 g/mol. The summed E-state index contributed by atoms with van der Waals surface area (Å²) in [4.78, 5) is 23.4. The van der Waals surface area contributed by atoms with Crippen LogP contribution < -0.4 is 48.9 Å². The largest absolute Gasteiger partial charge is 1.00 e. The summed E-state index contributed by atoms with van der Waals surface area (Å²) in [6.45, 7) is 2.92. The molecular weight excluding hydrogens is 559 g/mol. The second kappa shape index (κ2) is 12.5. The van der Waals surface area contributed by atoms with Gasteiger partial charge in [0.15, 0.2) is 11.4 Å². The van der Waals surface area contributed by atoms with E-state index in [9.17, 15) is 22.9 Å². The summed E-state index contributed by atoms with van der Waals surface area (Å²) in [5, 5.41) is 10.4. The van der Waals surface area contributed by atoms with Gasteiger partial charge >= 0.3 is 34.7 Å². The van der Waals surface area contributed by atoms with Crippen LogP contribution in [0.2, 0.25) is 0 Å². The fourth-order valence-electron chi connectivity index (χ4n) is 3.73. The van der Waals surface area contributed by atoms with Gasteiger partial charge in [-0.15, -0.1) is 0 Å². The van der Waals surface area contributed by atoms with E-state index in [2.05, 4.69) is 15.0 Å². The van der Waals surface area contributed by atoms with Crippen LogP contribution in [0.5, 0.6) is 17.4 Å². The number of methoxy groups -OCH3 is 2. The molecule has 1 unspecified atom stereocenters. The number of hydrogen-bond acceptors (Lipinski definition) is 11. The van der Waals surface area contributed by atoms with E-state index in [1.165, 1.54) is 50.6 Å². The number of carboxylic acid groups (broad SMARTS) is 1. The molecule has 0 aliphatic rings. The molecule has 0 aliphatic heterocycles. The van der Waals surface area contributed by atoms with Crippen LogP contribution in [0.25, 0.3) is 11.2 Å². The summed E-state index contributed by atoms with van der Waals surface area (Å²) in [7, 11) is -1.47. The number of hydrogen-bond donors (Lipinski definition) is 0. The van der Waals surface area contributed by atoms with E-state index in [0.29, 0.717) is 17.0 Å². The fourth-order valence-corrected chi connectivity index (χ4v) is 6.72. The molecule has 0 fully saturated rings. The van der Waals surface area contributed by atoms with Crippen LogP contribution in [-0.4, -0.2) is 58.7 Å². The van der Waals surface area contributed by atoms with E-state index in [4.69, 9.17) is 14.2 Å². The number of carbonyl (C=O) groups is 1. The molecule has 15 heteroatoms. The average molecular weight is 583 g/mol. The average Bonchev–Trinajstić information content (AvgIpc) is 3.29. The summed E-state index contributed by atoms with van der Waals surface area (Å²) in [5.41, 5.74) is 2.06. The van der Waals surface area contributed by atoms with Crippen molar-refractivity contribution >= 4 is 38.3 Å². The zero-order valence-corrected chi connectivity index (χ0v) is 25.5. The zero-order chi connectivity index (χ0) is 27.6. The molecule has 0 saturated carbocycles. The molecule has 1 aromatic carbocycles. The molecule has 0 radical (unpaired) electrons. The first-order chi connectivity index (χ1) is 18.1. The number of fused-ring (bicyclic) bond motifs is 1. The fraction of sp³-hybridized carbons (Fsp3) is 0.250. The van der Waals surface area contributed by atoms with Crippen LogP contribution >= 0.6 is 0 Å². The predicted octanol–water partition coefficient (Wildman–Crippen LogP) is -1.86. The molecule has 0 spiro atoms. The van der Waals surface area contributed by atoms with Crippen LogP contribution in [0.1, 0.15) is 16.8 Å². The molecule has 3 heterocycles. The summed E-state index contributed by atoms with van der Waals surface area (Å²) < 4.78 is 57.7. The molecule has 0 saturated heterocycles. The Balaban J connectivity index is 0.00000420. The zero-order valence-electron chi connectivity index (χ0n) is 21.8. The Bertz CT molecular complexity index is 1610. The first-order valence-corrected chi connectivity index (χ1v) is 13.8. The normalized spacial score (nSPS) is 12.0. The summed E-state index contributed by atoms with van der Waals surface area (Å²) >= 11 is -1.97. The van der Waals surface area contributed by atoms with Gasteiger partial charge in [-0.2, -0.15) is 13.9 Å². The number of aliphatic carboxylic acids is 1. The third kappa shape index (κ3) is 6.31. The van der Waals surface area contributed by atoms with Gasteiger partial charge in [0.05, 0.1) is 30.8 Å². The van der Waals surface area contributed by atoms with Gasteiger partial charge in [-0.3, -0.25) is 4.98 Å². The van der Waals surface area contributed by atoms with Gasteiger partial charge < -0.3 is 28.7 Å². The molecule has 0 amide bonds. The Morgan fingerprint density at radius 2 is 1.74 bits per heavy atom. The third-order valence-electron chi connectivity index (χ3n) is 5.56. The Kier molecular flexibility index (Phi) is 9.85. The van der Waals surface area contributed by atoms with Gasteiger partial charge in [0, 0.05) is 34.6 Å². The molecule has 0 N–H and O–H groups in total. The molecular formula is C24H23N4NaO8S2. The Morgan fingerprint density at radius 3 is 2.36 bits per heavy atom. The van der Waals surface area contributed by atoms with E-state index in [1.54, 1.807) is 13.1 Å². The van der Waals surface area contributed by atoms with Crippen molar-refractivity contribution < 1.29 is 66.6 Å². The summed E-state index contributed by atoms with van der Waals surface area (Å²) in [6, 6.07) is 8.09. The number of ether oxygens (including phenoxy) is 3. The molecule has 12 nitrogen and oxygen atoms in total. The standard InChI is InChI=1S/C24H24N4O8S2.Na/c1-14-11-25-19(15(2)22(14)35-4)13-37(31)24-26-18-9-10-20(34-3)27-23(18)28(24)38(32,33)17-7-5-16(6-8-17)36-12-21(29)30;/h5-11H,12-13H2,1-4H3,(H,29,30);/q;+1/p-1. The number of pyridine rings is 2. The van der Waals surface area contributed by atoms with Crippen LogP contribution in [-0.2, 0) is 31.7 Å². The van der Waals surface area contributed by atoms with Crippen molar-refractivity contribution in [2.75, 3.05) is 20.8 Å². The van der Waals surface area contributed by atoms with Crippen molar-refractivity contribution in [2.24, 2.45) is 0 Å². The third-order valence-corrected chi connectivity index (χ3v) is 8.59. The number of carbonyl (C=O) groups excluding carboxylic acids is 1. The maximum absolute atomic E-state index is 13.8. The van der Waals surface area contributed by atoms with Gasteiger partial charge in [0.2, 0.25) is 5.88 Å². The molecule has 0 aliphatic carbocycles. The van der Waals surface area contributed by atoms with E-state index in [0.717, 1.165) is 9.54 Å². The van der Waals surface area contributed by atoms with Gasteiger partial charge in [0.25, 0.3) is 10.0 Å². The van der Waals surface area contributed by atoms with E-state index >= 15 is 0 Å². The van der Waals surface area contributed by atoms with Crippen LogP contribution in [0.3, 0.4) is 0 Å². The maximum Gasteiger partial charge on any atom is 1.00 e. The van der Waals surface area contributed by atoms with Crippen LogP contribution in [0.15, 0.2) is 52.6 Å². The molecule has 3 aromatic heterocycles. The minimum Gasteiger partial charge on any atom is -0.609 e. The predicted molar refractivity (Wildman–Crippen MR) is 134 cm³/mol. The quantitative estimate of drug-likeness (QED) is 0.152. The molecule has 39 heavy (non-hydrogen) atoms. The van der Waals surface area contributed by atoms with Crippen molar-refractivity contribution in [2.45, 2.75) is 29.7 Å². The molecule has 200 valence electrons. The molecule has 1 atom stereocenters. The van der Waals surface area contributed by atoms with E-state index < -0.39 is 33.8 Å². The number of benzene rings is 1. The van der Waals surface area contributed by atoms with Crippen molar-refractivity contribution in [1.82, 2.24) is 18.9 Å². The Morgan fingerprint density at radius 1 is 1.05 bits per heavy atom. The number of imidazole rings is 1. The first-order valence-electron chi connectivity index (χ1n) is 11.1. The topological polar surface area (TPSA) is 169 Å². The van der Waals surface area contributed by atoms with Gasteiger partial charge in [0.1, 0.15) is 23.6 Å².